The Bertz CT molecular complexity index is 361. The zero-order chi connectivity index (χ0) is 13.0. The Kier molecular flexibility index (Phi) is 5.22. The standard InChI is InChI=1S/C15H26N2S/c1-4-12(3)15-11-17(9-8-16-15)10-14-7-6-13(5-2)18-14/h6-7,12,15-16H,4-5,8-11H2,1-3H3. The van der Waals surface area contributed by atoms with Gasteiger partial charge in [0.1, 0.15) is 0 Å². The molecule has 2 atom stereocenters. The van der Waals surface area contributed by atoms with Gasteiger partial charge in [-0.3, -0.25) is 4.90 Å². The van der Waals surface area contributed by atoms with Crippen molar-refractivity contribution in [3.05, 3.63) is 21.9 Å². The molecule has 0 saturated carbocycles. The average molecular weight is 266 g/mol. The predicted octanol–water partition coefficient (Wildman–Crippen LogP) is 3.13. The maximum atomic E-state index is 3.66. The molecule has 1 aliphatic rings. The second-order valence-electron chi connectivity index (χ2n) is 5.40. The lowest BCUT2D eigenvalue weighted by molar-refractivity contribution is 0.163. The highest BCUT2D eigenvalue weighted by molar-refractivity contribution is 7.11. The largest absolute Gasteiger partial charge is 0.311 e. The Morgan fingerprint density at radius 3 is 2.83 bits per heavy atom. The molecule has 2 rings (SSSR count). The fourth-order valence-electron chi connectivity index (χ4n) is 2.57. The molecule has 0 aliphatic carbocycles. The first-order valence-corrected chi connectivity index (χ1v) is 8.07. The normalized spacial score (nSPS) is 23.2. The number of rotatable bonds is 5. The molecule has 2 nitrogen and oxygen atoms in total. The van der Waals surface area contributed by atoms with Crippen molar-refractivity contribution in [2.75, 3.05) is 19.6 Å². The van der Waals surface area contributed by atoms with E-state index >= 15 is 0 Å². The number of hydrogen-bond acceptors (Lipinski definition) is 3. The van der Waals surface area contributed by atoms with Crippen molar-refractivity contribution in [2.24, 2.45) is 5.92 Å². The summed E-state index contributed by atoms with van der Waals surface area (Å²) in [6.07, 6.45) is 2.44. The Labute approximate surface area is 115 Å². The Hall–Kier alpha value is -0.380. The van der Waals surface area contributed by atoms with Gasteiger partial charge in [0.05, 0.1) is 0 Å². The van der Waals surface area contributed by atoms with Crippen molar-refractivity contribution in [1.29, 1.82) is 0 Å². The van der Waals surface area contributed by atoms with Crippen LogP contribution in [0.3, 0.4) is 0 Å². The first-order valence-electron chi connectivity index (χ1n) is 7.26. The quantitative estimate of drug-likeness (QED) is 0.881. The van der Waals surface area contributed by atoms with Crippen LogP contribution in [0.25, 0.3) is 0 Å². The Morgan fingerprint density at radius 2 is 2.17 bits per heavy atom. The lowest BCUT2D eigenvalue weighted by Gasteiger charge is -2.36. The van der Waals surface area contributed by atoms with Gasteiger partial charge >= 0.3 is 0 Å². The molecule has 18 heavy (non-hydrogen) atoms. The molecule has 102 valence electrons. The molecule has 1 fully saturated rings. The summed E-state index contributed by atoms with van der Waals surface area (Å²) in [5.41, 5.74) is 0. The zero-order valence-electron chi connectivity index (χ0n) is 11.9. The molecule has 0 spiro atoms. The van der Waals surface area contributed by atoms with Crippen LogP contribution in [0.15, 0.2) is 12.1 Å². The monoisotopic (exact) mass is 266 g/mol. The summed E-state index contributed by atoms with van der Waals surface area (Å²) >= 11 is 1.98. The van der Waals surface area contributed by atoms with Gasteiger partial charge in [0.15, 0.2) is 0 Å². The third-order valence-electron chi connectivity index (χ3n) is 4.07. The Balaban J connectivity index is 1.89. The van der Waals surface area contributed by atoms with Crippen LogP contribution in [0.2, 0.25) is 0 Å². The van der Waals surface area contributed by atoms with Crippen LogP contribution < -0.4 is 5.32 Å². The van der Waals surface area contributed by atoms with Crippen molar-refractivity contribution < 1.29 is 0 Å². The van der Waals surface area contributed by atoms with E-state index in [-0.39, 0.29) is 0 Å². The second kappa shape index (κ2) is 6.69. The van der Waals surface area contributed by atoms with Gasteiger partial charge < -0.3 is 5.32 Å². The molecule has 2 unspecified atom stereocenters. The molecule has 0 amide bonds. The van der Waals surface area contributed by atoms with Crippen LogP contribution in [0, 0.1) is 5.92 Å². The number of hydrogen-bond donors (Lipinski definition) is 1. The molecule has 0 radical (unpaired) electrons. The number of nitrogens with one attached hydrogen (secondary N) is 1. The minimum absolute atomic E-state index is 0.675. The second-order valence-corrected chi connectivity index (χ2v) is 6.66. The van der Waals surface area contributed by atoms with Gasteiger partial charge in [-0.2, -0.15) is 0 Å². The fourth-order valence-corrected chi connectivity index (χ4v) is 3.57. The summed E-state index contributed by atoms with van der Waals surface area (Å²) in [5, 5.41) is 3.66. The molecule has 0 bridgehead atoms. The highest BCUT2D eigenvalue weighted by atomic mass is 32.1. The zero-order valence-corrected chi connectivity index (χ0v) is 12.7. The van der Waals surface area contributed by atoms with E-state index in [1.807, 2.05) is 11.3 Å². The van der Waals surface area contributed by atoms with Gasteiger partial charge in [-0.15, -0.1) is 11.3 Å². The van der Waals surface area contributed by atoms with Crippen LogP contribution in [0.1, 0.15) is 36.9 Å². The van der Waals surface area contributed by atoms with Crippen LogP contribution in [-0.4, -0.2) is 30.6 Å². The van der Waals surface area contributed by atoms with Crippen molar-refractivity contribution in [3.8, 4) is 0 Å². The third kappa shape index (κ3) is 3.56. The molecule has 1 aromatic rings. The summed E-state index contributed by atoms with van der Waals surface area (Å²) in [6, 6.07) is 5.27. The Morgan fingerprint density at radius 1 is 1.39 bits per heavy atom. The smallest absolute Gasteiger partial charge is 0.0329 e. The maximum Gasteiger partial charge on any atom is 0.0329 e. The first kappa shape index (κ1) is 14.0. The summed E-state index contributed by atoms with van der Waals surface area (Å²) in [6.45, 7) is 11.6. The molecular formula is C15H26N2S. The van der Waals surface area contributed by atoms with E-state index in [9.17, 15) is 0 Å². The van der Waals surface area contributed by atoms with E-state index < -0.39 is 0 Å². The topological polar surface area (TPSA) is 15.3 Å². The predicted molar refractivity (Wildman–Crippen MR) is 80.2 cm³/mol. The highest BCUT2D eigenvalue weighted by Gasteiger charge is 2.23. The minimum Gasteiger partial charge on any atom is -0.311 e. The van der Waals surface area contributed by atoms with E-state index in [4.69, 9.17) is 0 Å². The lowest BCUT2D eigenvalue weighted by atomic mass is 9.97. The van der Waals surface area contributed by atoms with Crippen molar-refractivity contribution in [2.45, 2.75) is 46.2 Å². The van der Waals surface area contributed by atoms with Crippen molar-refractivity contribution >= 4 is 11.3 Å². The SMILES string of the molecule is CCc1ccc(CN2CCNC(C(C)CC)C2)s1. The molecule has 1 aromatic heterocycles. The number of thiophene rings is 1. The summed E-state index contributed by atoms with van der Waals surface area (Å²) < 4.78 is 0. The molecule has 3 heteroatoms. The van der Waals surface area contributed by atoms with Crippen molar-refractivity contribution in [3.63, 3.8) is 0 Å². The molecule has 1 saturated heterocycles. The van der Waals surface area contributed by atoms with Crippen molar-refractivity contribution in [1.82, 2.24) is 10.2 Å². The molecule has 1 aliphatic heterocycles. The summed E-state index contributed by atoms with van der Waals surface area (Å²) in [5.74, 6) is 0.780. The van der Waals surface area contributed by atoms with Gasteiger partial charge in [-0.1, -0.05) is 27.2 Å². The van der Waals surface area contributed by atoms with Gasteiger partial charge in [0, 0.05) is 42.0 Å². The van der Waals surface area contributed by atoms with Gasteiger partial charge in [0.2, 0.25) is 0 Å². The molecule has 0 aromatic carbocycles. The molecule has 2 heterocycles. The maximum absolute atomic E-state index is 3.66. The van der Waals surface area contributed by atoms with Crippen LogP contribution in [-0.2, 0) is 13.0 Å². The average Bonchev–Trinajstić information content (AvgIpc) is 2.86. The van der Waals surface area contributed by atoms with Crippen LogP contribution >= 0.6 is 11.3 Å². The van der Waals surface area contributed by atoms with E-state index in [1.165, 1.54) is 35.7 Å². The summed E-state index contributed by atoms with van der Waals surface area (Å²) in [7, 11) is 0. The van der Waals surface area contributed by atoms with Crippen LogP contribution in [0.5, 0.6) is 0 Å². The highest BCUT2D eigenvalue weighted by Crippen LogP contribution is 2.20. The van der Waals surface area contributed by atoms with Gasteiger partial charge in [-0.05, 0) is 24.5 Å². The van der Waals surface area contributed by atoms with E-state index in [0.29, 0.717) is 6.04 Å². The van der Waals surface area contributed by atoms with E-state index in [0.717, 1.165) is 19.0 Å². The van der Waals surface area contributed by atoms with E-state index in [1.54, 1.807) is 0 Å². The number of nitrogens with zero attached hydrogens (tertiary/aromatic N) is 1. The van der Waals surface area contributed by atoms with Gasteiger partial charge in [0.25, 0.3) is 0 Å². The molecular weight excluding hydrogens is 240 g/mol. The number of piperazine rings is 1. The lowest BCUT2D eigenvalue weighted by Crippen LogP contribution is -2.52. The molecule has 1 N–H and O–H groups in total. The minimum atomic E-state index is 0.675. The fraction of sp³-hybridized carbons (Fsp3) is 0.733. The summed E-state index contributed by atoms with van der Waals surface area (Å²) in [4.78, 5) is 5.65. The third-order valence-corrected chi connectivity index (χ3v) is 5.28. The first-order chi connectivity index (χ1) is 8.72. The van der Waals surface area contributed by atoms with E-state index in [2.05, 4.69) is 43.1 Å². The number of aryl methyl sites for hydroxylation is 1. The van der Waals surface area contributed by atoms with Gasteiger partial charge in [-0.25, -0.2) is 0 Å². The van der Waals surface area contributed by atoms with Crippen LogP contribution in [0.4, 0.5) is 0 Å².